The molecular weight excluding hydrogens is 324 g/mol. The molecule has 24 heavy (non-hydrogen) atoms. The molecule has 0 bridgehead atoms. The van der Waals surface area contributed by atoms with E-state index in [1.165, 1.54) is 11.1 Å². The first-order valence-electron chi connectivity index (χ1n) is 9.01. The molecule has 0 unspecified atom stereocenters. The highest BCUT2D eigenvalue weighted by Crippen LogP contribution is 2.41. The summed E-state index contributed by atoms with van der Waals surface area (Å²) < 4.78 is 6.00. The van der Waals surface area contributed by atoms with Crippen molar-refractivity contribution in [3.05, 3.63) is 60.7 Å². The molecular formula is C21H34OSi2. The third-order valence-electron chi connectivity index (χ3n) is 4.94. The Hall–Kier alpha value is -1.17. The molecule has 3 heteroatoms. The minimum absolute atomic E-state index is 0.745. The lowest BCUT2D eigenvalue weighted by Crippen LogP contribution is -2.47. The lowest BCUT2D eigenvalue weighted by molar-refractivity contribution is 0.519. The molecule has 2 aromatic carbocycles. The van der Waals surface area contributed by atoms with Gasteiger partial charge in [-0.1, -0.05) is 102 Å². The second-order valence-corrected chi connectivity index (χ2v) is 14.1. The molecule has 0 saturated heterocycles. The van der Waals surface area contributed by atoms with Crippen LogP contribution >= 0.6 is 0 Å². The standard InChI is InChI=1S/C12H10.C9H24OSi2/c1-3-7-11(8-4-1)12-9-5-2-6-10-12;1-7(2)12(10-11,8(3)4)9(5)6/h1-10H;7-9H,1-6,11H3. The first-order valence-corrected chi connectivity index (χ1v) is 12.0. The third-order valence-corrected chi connectivity index (χ3v) is 13.2. The van der Waals surface area contributed by atoms with Crippen LogP contribution in [0.1, 0.15) is 41.5 Å². The summed E-state index contributed by atoms with van der Waals surface area (Å²) in [5, 5.41) is 0. The lowest BCUT2D eigenvalue weighted by Gasteiger charge is -2.41. The molecule has 0 atom stereocenters. The summed E-state index contributed by atoms with van der Waals surface area (Å²) in [6.45, 7) is 13.9. The van der Waals surface area contributed by atoms with Crippen LogP contribution in [-0.4, -0.2) is 18.8 Å². The predicted octanol–water partition coefficient (Wildman–Crippen LogP) is 5.81. The number of benzene rings is 2. The third kappa shape index (κ3) is 5.17. The number of hydrogen-bond acceptors (Lipinski definition) is 1. The minimum atomic E-state index is -1.44. The molecule has 0 aromatic heterocycles. The molecule has 0 radical (unpaired) electrons. The van der Waals surface area contributed by atoms with E-state index in [0.29, 0.717) is 0 Å². The molecule has 0 amide bonds. The van der Waals surface area contributed by atoms with E-state index in [1.807, 2.05) is 12.1 Å². The van der Waals surface area contributed by atoms with Gasteiger partial charge in [0, 0.05) is 0 Å². The van der Waals surface area contributed by atoms with E-state index in [-0.39, 0.29) is 0 Å². The predicted molar refractivity (Wildman–Crippen MR) is 114 cm³/mol. The smallest absolute Gasteiger partial charge is 0.186 e. The fourth-order valence-corrected chi connectivity index (χ4v) is 13.6. The Labute approximate surface area is 153 Å². The quantitative estimate of drug-likeness (QED) is 0.613. The summed E-state index contributed by atoms with van der Waals surface area (Å²) in [6.07, 6.45) is 0. The van der Waals surface area contributed by atoms with E-state index < -0.39 is 8.32 Å². The van der Waals surface area contributed by atoms with Gasteiger partial charge in [-0.25, -0.2) is 0 Å². The van der Waals surface area contributed by atoms with Crippen LogP contribution < -0.4 is 0 Å². The van der Waals surface area contributed by atoms with Crippen LogP contribution in [-0.2, 0) is 4.12 Å². The fourth-order valence-electron chi connectivity index (χ4n) is 3.97. The Kier molecular flexibility index (Phi) is 8.67. The van der Waals surface area contributed by atoms with Gasteiger partial charge in [-0.3, -0.25) is 0 Å². The van der Waals surface area contributed by atoms with E-state index in [9.17, 15) is 0 Å². The Balaban J connectivity index is 0.000000240. The zero-order valence-electron chi connectivity index (χ0n) is 16.4. The van der Waals surface area contributed by atoms with Crippen LogP contribution in [0.2, 0.25) is 16.6 Å². The van der Waals surface area contributed by atoms with Crippen molar-refractivity contribution >= 4 is 18.8 Å². The second-order valence-electron chi connectivity index (χ2n) is 7.25. The van der Waals surface area contributed by atoms with Crippen LogP contribution in [0.15, 0.2) is 60.7 Å². The largest absolute Gasteiger partial charge is 0.463 e. The maximum Gasteiger partial charge on any atom is 0.186 e. The first-order chi connectivity index (χ1) is 11.4. The van der Waals surface area contributed by atoms with Gasteiger partial charge in [0.25, 0.3) is 0 Å². The monoisotopic (exact) mass is 358 g/mol. The maximum atomic E-state index is 6.00. The van der Waals surface area contributed by atoms with Gasteiger partial charge in [0.1, 0.15) is 10.5 Å². The molecule has 2 rings (SSSR count). The molecule has 0 N–H and O–H groups in total. The normalized spacial score (nSPS) is 11.7. The topological polar surface area (TPSA) is 9.23 Å². The summed E-state index contributed by atoms with van der Waals surface area (Å²) in [6, 6.07) is 20.8. The van der Waals surface area contributed by atoms with Gasteiger partial charge in [-0.05, 0) is 27.8 Å². The zero-order chi connectivity index (χ0) is 18.2. The van der Waals surface area contributed by atoms with Gasteiger partial charge in [0.15, 0.2) is 8.32 Å². The fraction of sp³-hybridized carbons (Fsp3) is 0.429. The molecule has 0 heterocycles. The van der Waals surface area contributed by atoms with Crippen LogP contribution in [0.3, 0.4) is 0 Å². The molecule has 0 aliphatic rings. The summed E-state index contributed by atoms with van der Waals surface area (Å²) in [4.78, 5) is 0. The summed E-state index contributed by atoms with van der Waals surface area (Å²) in [5.74, 6) is 0. The molecule has 0 aliphatic carbocycles. The molecule has 2 aromatic rings. The van der Waals surface area contributed by atoms with E-state index in [0.717, 1.165) is 27.1 Å². The molecule has 132 valence electrons. The van der Waals surface area contributed by atoms with Crippen LogP contribution in [0, 0.1) is 0 Å². The van der Waals surface area contributed by atoms with Gasteiger partial charge in [-0.2, -0.15) is 0 Å². The van der Waals surface area contributed by atoms with Crippen LogP contribution in [0.25, 0.3) is 11.1 Å². The van der Waals surface area contributed by atoms with Crippen molar-refractivity contribution in [2.24, 2.45) is 0 Å². The van der Waals surface area contributed by atoms with Gasteiger partial charge in [0.2, 0.25) is 0 Å². The highest BCUT2D eigenvalue weighted by Gasteiger charge is 2.43. The van der Waals surface area contributed by atoms with Crippen molar-refractivity contribution in [1.82, 2.24) is 0 Å². The number of rotatable bonds is 5. The Morgan fingerprint density at radius 2 is 0.917 bits per heavy atom. The highest BCUT2D eigenvalue weighted by molar-refractivity contribution is 6.79. The Bertz CT molecular complexity index is 506. The van der Waals surface area contributed by atoms with Gasteiger partial charge < -0.3 is 4.12 Å². The average Bonchev–Trinajstić information content (AvgIpc) is 2.57. The number of hydrogen-bond donors (Lipinski definition) is 0. The Morgan fingerprint density at radius 3 is 1.08 bits per heavy atom. The van der Waals surface area contributed by atoms with Gasteiger partial charge in [-0.15, -0.1) is 0 Å². The molecule has 0 aliphatic heterocycles. The van der Waals surface area contributed by atoms with Gasteiger partial charge in [0.05, 0.1) is 0 Å². The Morgan fingerprint density at radius 1 is 0.625 bits per heavy atom. The average molecular weight is 359 g/mol. The maximum absolute atomic E-state index is 6.00. The van der Waals surface area contributed by atoms with E-state index in [4.69, 9.17) is 4.12 Å². The molecule has 1 nitrogen and oxygen atoms in total. The van der Waals surface area contributed by atoms with Crippen molar-refractivity contribution < 1.29 is 4.12 Å². The van der Waals surface area contributed by atoms with Crippen molar-refractivity contribution in [3.63, 3.8) is 0 Å². The molecule has 0 fully saturated rings. The van der Waals surface area contributed by atoms with Crippen LogP contribution in [0.4, 0.5) is 0 Å². The second kappa shape index (κ2) is 9.97. The molecule has 0 saturated carbocycles. The van der Waals surface area contributed by atoms with E-state index in [1.54, 1.807) is 0 Å². The lowest BCUT2D eigenvalue weighted by atomic mass is 10.1. The summed E-state index contributed by atoms with van der Waals surface area (Å²) in [7, 11) is -0.538. The van der Waals surface area contributed by atoms with Crippen molar-refractivity contribution in [2.45, 2.75) is 58.2 Å². The SMILES string of the molecule is CC(C)[Si](O[SiH3])(C(C)C)C(C)C.c1ccc(-c2ccccc2)cc1. The van der Waals surface area contributed by atoms with Gasteiger partial charge >= 0.3 is 0 Å². The van der Waals surface area contributed by atoms with E-state index in [2.05, 4.69) is 90.1 Å². The summed E-state index contributed by atoms with van der Waals surface area (Å²) in [5.41, 5.74) is 4.79. The van der Waals surface area contributed by atoms with Crippen molar-refractivity contribution in [2.75, 3.05) is 0 Å². The highest BCUT2D eigenvalue weighted by atomic mass is 28.4. The van der Waals surface area contributed by atoms with Crippen molar-refractivity contribution in [1.29, 1.82) is 0 Å². The molecule has 0 spiro atoms. The van der Waals surface area contributed by atoms with Crippen LogP contribution in [0.5, 0.6) is 0 Å². The van der Waals surface area contributed by atoms with E-state index >= 15 is 0 Å². The van der Waals surface area contributed by atoms with Crippen molar-refractivity contribution in [3.8, 4) is 11.1 Å². The first kappa shape index (κ1) is 20.9. The summed E-state index contributed by atoms with van der Waals surface area (Å²) >= 11 is 0. The minimum Gasteiger partial charge on any atom is -0.463 e. The zero-order valence-corrected chi connectivity index (χ0v) is 19.4.